The van der Waals surface area contributed by atoms with E-state index in [0.717, 1.165) is 5.69 Å². The van der Waals surface area contributed by atoms with E-state index in [1.165, 1.54) is 6.33 Å². The maximum absolute atomic E-state index is 12.1. The number of carbonyl (C=O) groups excluding carboxylic acids is 1. The van der Waals surface area contributed by atoms with Gasteiger partial charge in [-0.25, -0.2) is 9.67 Å². The molecule has 0 aliphatic rings. The van der Waals surface area contributed by atoms with Gasteiger partial charge in [-0.15, -0.1) is 0 Å². The van der Waals surface area contributed by atoms with Crippen LogP contribution in [0.25, 0.3) is 0 Å². The molecule has 0 fully saturated rings. The molecule has 0 aliphatic carbocycles. The maximum atomic E-state index is 12.1. The summed E-state index contributed by atoms with van der Waals surface area (Å²) >= 11 is 0. The summed E-state index contributed by atoms with van der Waals surface area (Å²) in [5.41, 5.74) is 1.51. The zero-order valence-corrected chi connectivity index (χ0v) is 10.8. The molecule has 0 amide bonds. The molecule has 0 saturated carbocycles. The number of hydrogen-bond donors (Lipinski definition) is 0. The summed E-state index contributed by atoms with van der Waals surface area (Å²) < 4.78 is 1.77. The predicted octanol–water partition coefficient (Wildman–Crippen LogP) is 1.99. The average Bonchev–Trinajstić information content (AvgIpc) is 2.77. The summed E-state index contributed by atoms with van der Waals surface area (Å²) in [4.78, 5) is 20.4. The van der Waals surface area contributed by atoms with Crippen molar-refractivity contribution in [3.8, 4) is 0 Å². The SMILES string of the molecule is Cc1cc(C(=O)Cc2ncnn2C(C)C)ccn1. The number of nitrogens with zero attached hydrogens (tertiary/aromatic N) is 4. The van der Waals surface area contributed by atoms with E-state index in [2.05, 4.69) is 15.1 Å². The molecule has 2 rings (SSSR count). The fourth-order valence-electron chi connectivity index (χ4n) is 1.80. The van der Waals surface area contributed by atoms with Crippen molar-refractivity contribution in [2.75, 3.05) is 0 Å². The van der Waals surface area contributed by atoms with E-state index in [1.807, 2.05) is 20.8 Å². The van der Waals surface area contributed by atoms with Crippen molar-refractivity contribution in [1.82, 2.24) is 19.7 Å². The lowest BCUT2D eigenvalue weighted by Crippen LogP contribution is -2.13. The summed E-state index contributed by atoms with van der Waals surface area (Å²) in [5.74, 6) is 0.736. The molecule has 0 atom stereocenters. The normalized spacial score (nSPS) is 10.9. The van der Waals surface area contributed by atoms with Crippen LogP contribution in [0, 0.1) is 6.92 Å². The van der Waals surface area contributed by atoms with Crippen molar-refractivity contribution in [3.05, 3.63) is 41.7 Å². The largest absolute Gasteiger partial charge is 0.294 e. The van der Waals surface area contributed by atoms with Crippen LogP contribution >= 0.6 is 0 Å². The zero-order valence-electron chi connectivity index (χ0n) is 10.8. The number of aromatic nitrogens is 4. The fraction of sp³-hybridized carbons (Fsp3) is 0.385. The van der Waals surface area contributed by atoms with Gasteiger partial charge in [0, 0.05) is 23.5 Å². The fourth-order valence-corrected chi connectivity index (χ4v) is 1.80. The van der Waals surface area contributed by atoms with Crippen LogP contribution in [0.2, 0.25) is 0 Å². The van der Waals surface area contributed by atoms with Crippen molar-refractivity contribution in [3.63, 3.8) is 0 Å². The molecule has 2 aromatic heterocycles. The highest BCUT2D eigenvalue weighted by Gasteiger charge is 2.13. The molecule has 0 N–H and O–H groups in total. The third-order valence-electron chi connectivity index (χ3n) is 2.67. The first-order chi connectivity index (χ1) is 8.58. The molecular formula is C13H16N4O. The minimum Gasteiger partial charge on any atom is -0.294 e. The Morgan fingerprint density at radius 2 is 2.17 bits per heavy atom. The Kier molecular flexibility index (Phi) is 3.50. The number of aryl methyl sites for hydroxylation is 1. The van der Waals surface area contributed by atoms with Crippen molar-refractivity contribution < 1.29 is 4.79 Å². The van der Waals surface area contributed by atoms with E-state index >= 15 is 0 Å². The quantitative estimate of drug-likeness (QED) is 0.772. The predicted molar refractivity (Wildman–Crippen MR) is 67.4 cm³/mol. The first kappa shape index (κ1) is 12.4. The van der Waals surface area contributed by atoms with Crippen molar-refractivity contribution in [2.45, 2.75) is 33.2 Å². The smallest absolute Gasteiger partial charge is 0.170 e. The third kappa shape index (κ3) is 2.61. The zero-order chi connectivity index (χ0) is 13.1. The Balaban J connectivity index is 2.19. The molecule has 0 bridgehead atoms. The minimum atomic E-state index is 0.0374. The van der Waals surface area contributed by atoms with Crippen molar-refractivity contribution in [1.29, 1.82) is 0 Å². The van der Waals surface area contributed by atoms with Gasteiger partial charge >= 0.3 is 0 Å². The Bertz CT molecular complexity index is 560. The van der Waals surface area contributed by atoms with E-state index in [1.54, 1.807) is 23.0 Å². The van der Waals surface area contributed by atoms with Gasteiger partial charge in [-0.05, 0) is 32.9 Å². The van der Waals surface area contributed by atoms with Crippen LogP contribution in [-0.4, -0.2) is 25.5 Å². The van der Waals surface area contributed by atoms with E-state index in [9.17, 15) is 4.79 Å². The van der Waals surface area contributed by atoms with Gasteiger partial charge in [0.25, 0.3) is 0 Å². The molecule has 0 unspecified atom stereocenters. The van der Waals surface area contributed by atoms with Crippen LogP contribution in [0.1, 0.15) is 41.8 Å². The molecule has 2 heterocycles. The van der Waals surface area contributed by atoms with Gasteiger partial charge in [0.05, 0.1) is 6.42 Å². The summed E-state index contributed by atoms with van der Waals surface area (Å²) in [7, 11) is 0. The summed E-state index contributed by atoms with van der Waals surface area (Å²) in [5, 5.41) is 4.12. The molecule has 0 radical (unpaired) electrons. The standard InChI is InChI=1S/C13H16N4O/c1-9(2)17-13(15-8-16-17)7-12(18)11-4-5-14-10(3)6-11/h4-6,8-9H,7H2,1-3H3. The van der Waals surface area contributed by atoms with Gasteiger partial charge in [-0.2, -0.15) is 5.10 Å². The number of ketones is 1. The molecule has 0 aliphatic heterocycles. The molecule has 18 heavy (non-hydrogen) atoms. The highest BCUT2D eigenvalue weighted by molar-refractivity contribution is 5.97. The third-order valence-corrected chi connectivity index (χ3v) is 2.67. The van der Waals surface area contributed by atoms with Crippen LogP contribution < -0.4 is 0 Å². The van der Waals surface area contributed by atoms with E-state index in [4.69, 9.17) is 0 Å². The Morgan fingerprint density at radius 3 is 2.83 bits per heavy atom. The Hall–Kier alpha value is -2.04. The molecule has 0 saturated heterocycles. The van der Waals surface area contributed by atoms with Crippen LogP contribution in [0.15, 0.2) is 24.7 Å². The topological polar surface area (TPSA) is 60.7 Å². The molecule has 5 nitrogen and oxygen atoms in total. The lowest BCUT2D eigenvalue weighted by atomic mass is 10.1. The van der Waals surface area contributed by atoms with E-state index in [0.29, 0.717) is 11.4 Å². The van der Waals surface area contributed by atoms with Crippen molar-refractivity contribution in [2.24, 2.45) is 0 Å². The second-order valence-corrected chi connectivity index (χ2v) is 4.50. The van der Waals surface area contributed by atoms with Crippen LogP contribution in [0.4, 0.5) is 0 Å². The summed E-state index contributed by atoms with van der Waals surface area (Å²) in [6, 6.07) is 3.72. The molecule has 5 heteroatoms. The number of pyridine rings is 1. The first-order valence-electron chi connectivity index (χ1n) is 5.92. The number of Topliss-reactive ketones (excluding diaryl/α,β-unsaturated/α-hetero) is 1. The van der Waals surface area contributed by atoms with Crippen LogP contribution in [0.5, 0.6) is 0 Å². The van der Waals surface area contributed by atoms with E-state index < -0.39 is 0 Å². The first-order valence-corrected chi connectivity index (χ1v) is 5.92. The van der Waals surface area contributed by atoms with Gasteiger partial charge in [-0.3, -0.25) is 9.78 Å². The van der Waals surface area contributed by atoms with Gasteiger partial charge in [0.1, 0.15) is 12.2 Å². The minimum absolute atomic E-state index is 0.0374. The summed E-state index contributed by atoms with van der Waals surface area (Å²) in [6.45, 7) is 5.89. The Morgan fingerprint density at radius 1 is 1.39 bits per heavy atom. The van der Waals surface area contributed by atoms with Gasteiger partial charge in [0.15, 0.2) is 5.78 Å². The molecule has 94 valence electrons. The number of hydrogen-bond acceptors (Lipinski definition) is 4. The van der Waals surface area contributed by atoms with E-state index in [-0.39, 0.29) is 18.2 Å². The average molecular weight is 244 g/mol. The molecule has 0 aromatic carbocycles. The van der Waals surface area contributed by atoms with Crippen LogP contribution in [-0.2, 0) is 6.42 Å². The van der Waals surface area contributed by atoms with Crippen LogP contribution in [0.3, 0.4) is 0 Å². The Labute approximate surface area is 106 Å². The highest BCUT2D eigenvalue weighted by atomic mass is 16.1. The lowest BCUT2D eigenvalue weighted by molar-refractivity contribution is 0.0989. The van der Waals surface area contributed by atoms with Gasteiger partial charge < -0.3 is 0 Å². The highest BCUT2D eigenvalue weighted by Crippen LogP contribution is 2.10. The molecule has 0 spiro atoms. The van der Waals surface area contributed by atoms with Gasteiger partial charge in [-0.1, -0.05) is 0 Å². The number of rotatable bonds is 4. The maximum Gasteiger partial charge on any atom is 0.170 e. The summed E-state index contributed by atoms with van der Waals surface area (Å²) in [6.07, 6.45) is 3.40. The second-order valence-electron chi connectivity index (χ2n) is 4.50. The van der Waals surface area contributed by atoms with Gasteiger partial charge in [0.2, 0.25) is 0 Å². The second kappa shape index (κ2) is 5.08. The molecule has 2 aromatic rings. The molecular weight excluding hydrogens is 228 g/mol. The lowest BCUT2D eigenvalue weighted by Gasteiger charge is -2.08. The monoisotopic (exact) mass is 244 g/mol. The van der Waals surface area contributed by atoms with Crippen molar-refractivity contribution >= 4 is 5.78 Å². The number of carbonyl (C=O) groups is 1.